The van der Waals surface area contributed by atoms with Gasteiger partial charge in [0.15, 0.2) is 0 Å². The molecule has 0 radical (unpaired) electrons. The van der Waals surface area contributed by atoms with Crippen LogP contribution in [0.2, 0.25) is 0 Å². The van der Waals surface area contributed by atoms with Crippen LogP contribution >= 0.6 is 15.9 Å². The Kier molecular flexibility index (Phi) is 5.71. The minimum absolute atomic E-state index is 0.200. The summed E-state index contributed by atoms with van der Waals surface area (Å²) in [4.78, 5) is 27.3. The molecule has 0 bridgehead atoms. The second-order valence-electron chi connectivity index (χ2n) is 5.84. The lowest BCUT2D eigenvalue weighted by atomic mass is 10.1. The van der Waals surface area contributed by atoms with Crippen LogP contribution < -0.4 is 5.32 Å². The summed E-state index contributed by atoms with van der Waals surface area (Å²) in [6, 6.07) is 12.3. The van der Waals surface area contributed by atoms with E-state index < -0.39 is 0 Å². The molecule has 1 saturated heterocycles. The molecule has 1 N–H and O–H groups in total. The molecule has 1 fully saturated rings. The Morgan fingerprint density at radius 3 is 2.36 bits per heavy atom. The van der Waals surface area contributed by atoms with Crippen molar-refractivity contribution in [1.82, 2.24) is 10.2 Å². The SMILES string of the molecule is O=C(N/C(C(=O)N1CCCCC1)=C(\Br)c1ccco1)c1ccccc1. The van der Waals surface area contributed by atoms with E-state index >= 15 is 0 Å². The van der Waals surface area contributed by atoms with Gasteiger partial charge in [-0.25, -0.2) is 0 Å². The van der Waals surface area contributed by atoms with Gasteiger partial charge in [0.1, 0.15) is 11.5 Å². The first-order valence-corrected chi connectivity index (χ1v) is 9.05. The molecule has 0 unspecified atom stereocenters. The van der Waals surface area contributed by atoms with Crippen LogP contribution in [0.4, 0.5) is 0 Å². The molecule has 0 aliphatic carbocycles. The van der Waals surface area contributed by atoms with Crippen molar-refractivity contribution < 1.29 is 14.0 Å². The number of rotatable bonds is 4. The van der Waals surface area contributed by atoms with Gasteiger partial charge in [-0.15, -0.1) is 0 Å². The third-order valence-electron chi connectivity index (χ3n) is 4.09. The largest absolute Gasteiger partial charge is 0.464 e. The zero-order chi connectivity index (χ0) is 17.6. The molecule has 1 aliphatic rings. The van der Waals surface area contributed by atoms with Crippen molar-refractivity contribution in [3.8, 4) is 0 Å². The van der Waals surface area contributed by atoms with Crippen molar-refractivity contribution in [1.29, 1.82) is 0 Å². The molecule has 25 heavy (non-hydrogen) atoms. The van der Waals surface area contributed by atoms with Crippen molar-refractivity contribution in [2.75, 3.05) is 13.1 Å². The molecule has 2 amide bonds. The maximum Gasteiger partial charge on any atom is 0.271 e. The number of benzene rings is 1. The van der Waals surface area contributed by atoms with Gasteiger partial charge in [0.2, 0.25) is 0 Å². The van der Waals surface area contributed by atoms with Crippen molar-refractivity contribution in [3.05, 3.63) is 65.7 Å². The summed E-state index contributed by atoms with van der Waals surface area (Å²) in [6.07, 6.45) is 4.60. The van der Waals surface area contributed by atoms with Crippen LogP contribution in [0.25, 0.3) is 4.48 Å². The average molecular weight is 403 g/mol. The Balaban J connectivity index is 1.90. The first-order valence-electron chi connectivity index (χ1n) is 8.26. The zero-order valence-corrected chi connectivity index (χ0v) is 15.3. The second-order valence-corrected chi connectivity index (χ2v) is 6.63. The summed E-state index contributed by atoms with van der Waals surface area (Å²) in [5.74, 6) is -0.0366. The highest BCUT2D eigenvalue weighted by molar-refractivity contribution is 9.15. The van der Waals surface area contributed by atoms with Gasteiger partial charge < -0.3 is 14.6 Å². The van der Waals surface area contributed by atoms with E-state index in [9.17, 15) is 9.59 Å². The molecule has 1 aliphatic heterocycles. The molecule has 3 rings (SSSR count). The minimum Gasteiger partial charge on any atom is -0.464 e. The number of nitrogens with one attached hydrogen (secondary N) is 1. The molecule has 0 atom stereocenters. The van der Waals surface area contributed by atoms with Gasteiger partial charge in [-0.2, -0.15) is 0 Å². The number of carbonyl (C=O) groups is 2. The number of nitrogens with zero attached hydrogens (tertiary/aromatic N) is 1. The highest BCUT2D eigenvalue weighted by Crippen LogP contribution is 2.26. The molecule has 2 aromatic rings. The molecule has 0 saturated carbocycles. The fourth-order valence-corrected chi connectivity index (χ4v) is 3.25. The van der Waals surface area contributed by atoms with Crippen LogP contribution in [0.5, 0.6) is 0 Å². The summed E-state index contributed by atoms with van der Waals surface area (Å²) in [7, 11) is 0. The number of likely N-dealkylation sites (tertiary alicyclic amines) is 1. The van der Waals surface area contributed by atoms with E-state index in [1.807, 2.05) is 6.07 Å². The van der Waals surface area contributed by atoms with E-state index in [1.165, 1.54) is 6.26 Å². The van der Waals surface area contributed by atoms with Gasteiger partial charge in [-0.1, -0.05) is 18.2 Å². The van der Waals surface area contributed by atoms with Crippen LogP contribution in [0.3, 0.4) is 0 Å². The summed E-state index contributed by atoms with van der Waals surface area (Å²) >= 11 is 3.42. The number of furan rings is 1. The van der Waals surface area contributed by atoms with Crippen LogP contribution in [-0.2, 0) is 4.79 Å². The summed E-state index contributed by atoms with van der Waals surface area (Å²) in [5, 5.41) is 2.76. The Hall–Kier alpha value is -2.34. The van der Waals surface area contributed by atoms with Gasteiger partial charge in [0.05, 0.1) is 10.7 Å². The van der Waals surface area contributed by atoms with Crippen molar-refractivity contribution >= 4 is 32.2 Å². The van der Waals surface area contributed by atoms with Gasteiger partial charge in [-0.3, -0.25) is 9.59 Å². The Morgan fingerprint density at radius 1 is 1.00 bits per heavy atom. The third-order valence-corrected chi connectivity index (χ3v) is 4.88. The second kappa shape index (κ2) is 8.16. The molecule has 130 valence electrons. The molecule has 1 aromatic carbocycles. The first-order chi connectivity index (χ1) is 12.2. The predicted octanol–water partition coefficient (Wildman–Crippen LogP) is 3.79. The van der Waals surface area contributed by atoms with E-state index in [2.05, 4.69) is 21.2 Å². The van der Waals surface area contributed by atoms with Gasteiger partial charge in [0.25, 0.3) is 11.8 Å². The molecular weight excluding hydrogens is 384 g/mol. The lowest BCUT2D eigenvalue weighted by molar-refractivity contribution is -0.128. The van der Waals surface area contributed by atoms with E-state index in [1.54, 1.807) is 41.3 Å². The average Bonchev–Trinajstić information content (AvgIpc) is 3.21. The number of amides is 2. The van der Waals surface area contributed by atoms with Gasteiger partial charge >= 0.3 is 0 Å². The molecule has 0 spiro atoms. The van der Waals surface area contributed by atoms with Crippen molar-refractivity contribution in [2.45, 2.75) is 19.3 Å². The quantitative estimate of drug-likeness (QED) is 0.791. The number of hydrogen-bond donors (Lipinski definition) is 1. The van der Waals surface area contributed by atoms with Crippen molar-refractivity contribution in [2.24, 2.45) is 0 Å². The standard InChI is InChI=1S/C19H19BrN2O3/c20-16(15-10-7-13-25-15)17(19(24)22-11-5-2-6-12-22)21-18(23)14-8-3-1-4-9-14/h1,3-4,7-10,13H,2,5-6,11-12H2,(H,21,23)/b17-16-. The third kappa shape index (κ3) is 4.20. The Labute approximate surface area is 154 Å². The Bertz CT molecular complexity index is 763. The fraction of sp³-hybridized carbons (Fsp3) is 0.263. The van der Waals surface area contributed by atoms with E-state index in [-0.39, 0.29) is 17.5 Å². The monoisotopic (exact) mass is 402 g/mol. The van der Waals surface area contributed by atoms with E-state index in [0.717, 1.165) is 19.3 Å². The van der Waals surface area contributed by atoms with E-state index in [0.29, 0.717) is 28.9 Å². The fourth-order valence-electron chi connectivity index (χ4n) is 2.76. The number of carbonyl (C=O) groups excluding carboxylic acids is 2. The number of piperidine rings is 1. The van der Waals surface area contributed by atoms with Crippen LogP contribution in [-0.4, -0.2) is 29.8 Å². The summed E-state index contributed by atoms with van der Waals surface area (Å²) < 4.78 is 5.82. The minimum atomic E-state index is -0.329. The highest BCUT2D eigenvalue weighted by atomic mass is 79.9. The predicted molar refractivity (Wildman–Crippen MR) is 98.9 cm³/mol. The lowest BCUT2D eigenvalue weighted by Gasteiger charge is -2.28. The van der Waals surface area contributed by atoms with Crippen LogP contribution in [0.15, 0.2) is 58.8 Å². The topological polar surface area (TPSA) is 62.6 Å². The molecule has 1 aromatic heterocycles. The van der Waals surface area contributed by atoms with Gasteiger partial charge in [0, 0.05) is 18.7 Å². The lowest BCUT2D eigenvalue weighted by Crippen LogP contribution is -2.41. The van der Waals surface area contributed by atoms with Crippen LogP contribution in [0, 0.1) is 0 Å². The summed E-state index contributed by atoms with van der Waals surface area (Å²) in [5.41, 5.74) is 0.692. The molecular formula is C19H19BrN2O3. The number of halogens is 1. The Morgan fingerprint density at radius 2 is 1.72 bits per heavy atom. The zero-order valence-electron chi connectivity index (χ0n) is 13.7. The summed E-state index contributed by atoms with van der Waals surface area (Å²) in [6.45, 7) is 1.39. The maximum atomic E-state index is 13.0. The van der Waals surface area contributed by atoms with Crippen LogP contribution in [0.1, 0.15) is 35.4 Å². The maximum absolute atomic E-state index is 13.0. The van der Waals surface area contributed by atoms with E-state index in [4.69, 9.17) is 4.42 Å². The first kappa shape index (κ1) is 17.5. The molecule has 5 nitrogen and oxygen atoms in total. The molecule has 6 heteroatoms. The number of hydrogen-bond acceptors (Lipinski definition) is 3. The van der Waals surface area contributed by atoms with Crippen molar-refractivity contribution in [3.63, 3.8) is 0 Å². The smallest absolute Gasteiger partial charge is 0.271 e. The normalized spacial score (nSPS) is 15.5. The highest BCUT2D eigenvalue weighted by Gasteiger charge is 2.26. The molecule has 2 heterocycles. The van der Waals surface area contributed by atoms with Gasteiger partial charge in [-0.05, 0) is 59.5 Å².